The van der Waals surface area contributed by atoms with Gasteiger partial charge in [-0.3, -0.25) is 14.5 Å². The summed E-state index contributed by atoms with van der Waals surface area (Å²) in [5.41, 5.74) is 0.535. The number of hydrogen-bond acceptors (Lipinski definition) is 4. The van der Waals surface area contributed by atoms with E-state index in [1.807, 2.05) is 6.07 Å². The number of carbonyl (C=O) groups is 2. The molecule has 6 heteroatoms. The quantitative estimate of drug-likeness (QED) is 0.711. The number of anilines is 1. The lowest BCUT2D eigenvalue weighted by molar-refractivity contribution is -0.127. The summed E-state index contributed by atoms with van der Waals surface area (Å²) >= 11 is 0. The molecule has 0 radical (unpaired) electrons. The average Bonchev–Trinajstić information content (AvgIpc) is 2.73. The summed E-state index contributed by atoms with van der Waals surface area (Å²) in [6.45, 7) is 0. The van der Waals surface area contributed by atoms with Crippen molar-refractivity contribution in [3.05, 3.63) is 30.3 Å². The zero-order chi connectivity index (χ0) is 14.1. The Bertz CT molecular complexity index is 712. The van der Waals surface area contributed by atoms with E-state index in [1.165, 1.54) is 4.90 Å². The van der Waals surface area contributed by atoms with E-state index in [-0.39, 0.29) is 23.5 Å². The summed E-state index contributed by atoms with van der Waals surface area (Å²) in [6.07, 6.45) is 0.510. The summed E-state index contributed by atoms with van der Waals surface area (Å²) in [6, 6.07) is 8.72. The summed E-state index contributed by atoms with van der Waals surface area (Å²) in [4.78, 5) is 26.1. The Morgan fingerprint density at radius 3 is 2.35 bits per heavy atom. The highest BCUT2D eigenvalue weighted by Gasteiger charge is 2.70. The minimum atomic E-state index is -3.20. The fourth-order valence-corrected chi connectivity index (χ4v) is 6.38. The Morgan fingerprint density at radius 1 is 1.00 bits per heavy atom. The van der Waals surface area contributed by atoms with Crippen LogP contribution in [0.4, 0.5) is 5.69 Å². The number of hydrogen-bond donors (Lipinski definition) is 0. The average molecular weight is 291 g/mol. The highest BCUT2D eigenvalue weighted by atomic mass is 32.2. The second-order valence-electron chi connectivity index (χ2n) is 5.68. The topological polar surface area (TPSA) is 71.5 Å². The fourth-order valence-electron chi connectivity index (χ4n) is 3.93. The van der Waals surface area contributed by atoms with Gasteiger partial charge in [-0.2, -0.15) is 0 Å². The molecule has 1 aromatic carbocycles. The molecule has 2 heterocycles. The molecule has 2 aliphatic heterocycles. The highest BCUT2D eigenvalue weighted by Crippen LogP contribution is 2.56. The van der Waals surface area contributed by atoms with Crippen molar-refractivity contribution in [3.63, 3.8) is 0 Å². The van der Waals surface area contributed by atoms with Crippen LogP contribution in [0.5, 0.6) is 0 Å². The molecule has 3 fully saturated rings. The zero-order valence-electron chi connectivity index (χ0n) is 10.6. The molecule has 0 spiro atoms. The normalized spacial score (nSPS) is 37.5. The number of imide groups is 1. The lowest BCUT2D eigenvalue weighted by Gasteiger charge is -2.39. The van der Waals surface area contributed by atoms with Gasteiger partial charge in [-0.25, -0.2) is 8.42 Å². The number of sulfone groups is 1. The predicted octanol–water partition coefficient (Wildman–Crippen LogP) is 0.609. The van der Waals surface area contributed by atoms with Crippen LogP contribution in [0.2, 0.25) is 0 Å². The van der Waals surface area contributed by atoms with Crippen molar-refractivity contribution in [2.45, 2.75) is 11.7 Å². The van der Waals surface area contributed by atoms with Gasteiger partial charge in [-0.05, 0) is 24.5 Å². The third-order valence-corrected chi connectivity index (χ3v) is 7.08. The first-order valence-corrected chi connectivity index (χ1v) is 8.38. The molecule has 20 heavy (non-hydrogen) atoms. The number of rotatable bonds is 1. The third kappa shape index (κ3) is 1.30. The van der Waals surface area contributed by atoms with E-state index >= 15 is 0 Å². The maximum Gasteiger partial charge on any atom is 0.239 e. The van der Waals surface area contributed by atoms with Crippen molar-refractivity contribution >= 4 is 27.3 Å². The van der Waals surface area contributed by atoms with Gasteiger partial charge in [-0.15, -0.1) is 0 Å². The number of fused-ring (bicyclic) bond motifs is 4. The Morgan fingerprint density at radius 2 is 1.65 bits per heavy atom. The lowest BCUT2D eigenvalue weighted by atomic mass is 9.65. The molecule has 0 bridgehead atoms. The van der Waals surface area contributed by atoms with E-state index in [1.54, 1.807) is 24.3 Å². The molecule has 4 rings (SSSR count). The molecule has 3 aliphatic rings. The SMILES string of the molecule is O=C1[C@@H]2[C@H]3CCS(=O)(=O)[C@H]3[C@@H]2C(=O)N1c1ccccc1. The lowest BCUT2D eigenvalue weighted by Crippen LogP contribution is -2.52. The Balaban J connectivity index is 1.75. The van der Waals surface area contributed by atoms with Gasteiger partial charge in [-0.1, -0.05) is 18.2 Å². The molecule has 104 valence electrons. The molecule has 5 nitrogen and oxygen atoms in total. The highest BCUT2D eigenvalue weighted by molar-refractivity contribution is 7.92. The van der Waals surface area contributed by atoms with Crippen LogP contribution in [0.1, 0.15) is 6.42 Å². The Kier molecular flexibility index (Phi) is 2.23. The smallest absolute Gasteiger partial charge is 0.239 e. The van der Waals surface area contributed by atoms with Gasteiger partial charge >= 0.3 is 0 Å². The Labute approximate surface area is 116 Å². The number of benzene rings is 1. The van der Waals surface area contributed by atoms with Crippen molar-refractivity contribution in [2.75, 3.05) is 10.7 Å². The van der Waals surface area contributed by atoms with Gasteiger partial charge in [0.25, 0.3) is 0 Å². The van der Waals surface area contributed by atoms with Crippen LogP contribution >= 0.6 is 0 Å². The van der Waals surface area contributed by atoms with E-state index in [0.717, 1.165) is 0 Å². The first-order chi connectivity index (χ1) is 9.52. The van der Waals surface area contributed by atoms with Crippen molar-refractivity contribution in [3.8, 4) is 0 Å². The van der Waals surface area contributed by atoms with E-state index in [0.29, 0.717) is 12.1 Å². The molecule has 0 unspecified atom stereocenters. The van der Waals surface area contributed by atoms with Gasteiger partial charge in [0, 0.05) is 0 Å². The van der Waals surface area contributed by atoms with Crippen molar-refractivity contribution < 1.29 is 18.0 Å². The molecular formula is C14H13NO4S. The summed E-state index contributed by atoms with van der Waals surface area (Å²) in [7, 11) is -3.20. The summed E-state index contributed by atoms with van der Waals surface area (Å²) < 4.78 is 24.0. The minimum absolute atomic E-state index is 0.112. The first kappa shape index (κ1) is 12.1. The van der Waals surface area contributed by atoms with Gasteiger partial charge in [0.1, 0.15) is 0 Å². The minimum Gasteiger partial charge on any atom is -0.274 e. The van der Waals surface area contributed by atoms with Crippen LogP contribution in [0, 0.1) is 17.8 Å². The van der Waals surface area contributed by atoms with Crippen molar-refractivity contribution in [1.29, 1.82) is 0 Å². The van der Waals surface area contributed by atoms with E-state index in [2.05, 4.69) is 0 Å². The Hall–Kier alpha value is -1.69. The number of carbonyl (C=O) groups excluding carboxylic acids is 2. The van der Waals surface area contributed by atoms with E-state index < -0.39 is 26.9 Å². The van der Waals surface area contributed by atoms with Crippen LogP contribution in [0.3, 0.4) is 0 Å². The van der Waals surface area contributed by atoms with Crippen molar-refractivity contribution in [2.24, 2.45) is 17.8 Å². The van der Waals surface area contributed by atoms with Crippen LogP contribution < -0.4 is 4.90 Å². The summed E-state index contributed by atoms with van der Waals surface area (Å²) in [5.74, 6) is -1.70. The van der Waals surface area contributed by atoms with Crippen molar-refractivity contribution in [1.82, 2.24) is 0 Å². The second-order valence-corrected chi connectivity index (χ2v) is 7.96. The molecule has 2 amide bonds. The largest absolute Gasteiger partial charge is 0.274 e. The van der Waals surface area contributed by atoms with Crippen LogP contribution in [-0.2, 0) is 19.4 Å². The number of para-hydroxylation sites is 1. The maximum absolute atomic E-state index is 12.4. The fraction of sp³-hybridized carbons (Fsp3) is 0.429. The second kappa shape index (κ2) is 3.69. The van der Waals surface area contributed by atoms with E-state index in [4.69, 9.17) is 0 Å². The third-order valence-electron chi connectivity index (χ3n) is 4.80. The molecule has 1 aromatic rings. The number of amides is 2. The monoisotopic (exact) mass is 291 g/mol. The molecule has 4 atom stereocenters. The standard InChI is InChI=1S/C14H13NO4S/c16-13-10-9-6-7-20(18,19)12(9)11(10)14(17)15(13)8-4-2-1-3-5-8/h1-5,9-12H,6-7H2/t9-,10-,11-,12-/m1/s1. The van der Waals surface area contributed by atoms with Gasteiger partial charge < -0.3 is 0 Å². The molecule has 1 aliphatic carbocycles. The maximum atomic E-state index is 12.4. The van der Waals surface area contributed by atoms with Crippen LogP contribution in [0.15, 0.2) is 30.3 Å². The summed E-state index contributed by atoms with van der Waals surface area (Å²) in [5, 5.41) is -0.627. The number of nitrogens with zero attached hydrogens (tertiary/aromatic N) is 1. The van der Waals surface area contributed by atoms with Crippen LogP contribution in [0.25, 0.3) is 0 Å². The molecule has 1 saturated carbocycles. The molecule has 2 saturated heterocycles. The first-order valence-electron chi connectivity index (χ1n) is 6.67. The van der Waals surface area contributed by atoms with E-state index in [9.17, 15) is 18.0 Å². The van der Waals surface area contributed by atoms with Crippen LogP contribution in [-0.4, -0.2) is 31.2 Å². The van der Waals surface area contributed by atoms with Gasteiger partial charge in [0.15, 0.2) is 9.84 Å². The predicted molar refractivity (Wildman–Crippen MR) is 71.6 cm³/mol. The molecular weight excluding hydrogens is 278 g/mol. The van der Waals surface area contributed by atoms with Gasteiger partial charge in [0.05, 0.1) is 28.5 Å². The molecule has 0 N–H and O–H groups in total. The molecule has 0 aromatic heterocycles. The van der Waals surface area contributed by atoms with Gasteiger partial charge in [0.2, 0.25) is 11.8 Å². The zero-order valence-corrected chi connectivity index (χ0v) is 11.4.